The monoisotopic (exact) mass is 321 g/mol. The van der Waals surface area contributed by atoms with E-state index < -0.39 is 0 Å². The van der Waals surface area contributed by atoms with Crippen LogP contribution in [0.15, 0.2) is 65.8 Å². The first kappa shape index (κ1) is 14.2. The van der Waals surface area contributed by atoms with Gasteiger partial charge in [0.15, 0.2) is 0 Å². The molecule has 0 saturated carbocycles. The number of anilines is 1. The maximum Gasteiger partial charge on any atom is 0.240 e. The van der Waals surface area contributed by atoms with Gasteiger partial charge < -0.3 is 4.90 Å². The van der Waals surface area contributed by atoms with Crippen LogP contribution in [0, 0.1) is 0 Å². The van der Waals surface area contributed by atoms with Crippen LogP contribution >= 0.6 is 11.8 Å². The van der Waals surface area contributed by atoms with E-state index in [-0.39, 0.29) is 11.2 Å². The molecule has 1 saturated heterocycles. The summed E-state index contributed by atoms with van der Waals surface area (Å²) in [4.78, 5) is 14.6. The predicted octanol–water partition coefficient (Wildman–Crippen LogP) is 3.53. The Morgan fingerprint density at radius 1 is 1.04 bits per heavy atom. The van der Waals surface area contributed by atoms with Crippen LogP contribution in [-0.2, 0) is 4.79 Å². The van der Waals surface area contributed by atoms with Gasteiger partial charge in [0.2, 0.25) is 5.91 Å². The maximum absolute atomic E-state index is 12.7. The molecule has 1 fully saturated rings. The highest BCUT2D eigenvalue weighted by Gasteiger charge is 2.33. The van der Waals surface area contributed by atoms with Crippen LogP contribution in [0.5, 0.6) is 0 Å². The van der Waals surface area contributed by atoms with Crippen molar-refractivity contribution < 1.29 is 4.79 Å². The summed E-state index contributed by atoms with van der Waals surface area (Å²) in [6.45, 7) is 0.749. The molecule has 1 aliphatic heterocycles. The molecular formula is C18H15N3OS. The zero-order valence-corrected chi connectivity index (χ0v) is 13.2. The summed E-state index contributed by atoms with van der Waals surface area (Å²) < 4.78 is 0. The Balaban J connectivity index is 1.59. The molecule has 1 amide bonds. The summed E-state index contributed by atoms with van der Waals surface area (Å²) in [5, 5.41) is 11.1. The molecule has 2 heterocycles. The van der Waals surface area contributed by atoms with E-state index in [0.29, 0.717) is 0 Å². The van der Waals surface area contributed by atoms with Gasteiger partial charge in [0.1, 0.15) is 5.03 Å². The molecule has 1 aromatic heterocycles. The molecule has 23 heavy (non-hydrogen) atoms. The van der Waals surface area contributed by atoms with Crippen LogP contribution in [-0.4, -0.2) is 27.9 Å². The van der Waals surface area contributed by atoms with Gasteiger partial charge in [-0.05, 0) is 18.6 Å². The van der Waals surface area contributed by atoms with Crippen molar-refractivity contribution in [2.45, 2.75) is 16.7 Å². The molecule has 1 unspecified atom stereocenters. The van der Waals surface area contributed by atoms with Crippen LogP contribution in [0.25, 0.3) is 10.8 Å². The maximum atomic E-state index is 12.7. The number of carbonyl (C=O) groups is 1. The van der Waals surface area contributed by atoms with Gasteiger partial charge in [-0.1, -0.05) is 54.2 Å². The van der Waals surface area contributed by atoms with Crippen molar-refractivity contribution in [2.75, 3.05) is 11.4 Å². The van der Waals surface area contributed by atoms with Gasteiger partial charge in [-0.15, -0.1) is 5.10 Å². The average Bonchev–Trinajstić information content (AvgIpc) is 2.97. The first-order valence-corrected chi connectivity index (χ1v) is 8.44. The molecule has 1 aliphatic rings. The summed E-state index contributed by atoms with van der Waals surface area (Å²) in [5.41, 5.74) is 0.963. The van der Waals surface area contributed by atoms with Crippen LogP contribution in [0.2, 0.25) is 0 Å². The van der Waals surface area contributed by atoms with Crippen molar-refractivity contribution in [3.05, 3.63) is 60.8 Å². The number of para-hydroxylation sites is 1. The Kier molecular flexibility index (Phi) is 3.71. The normalized spacial score (nSPS) is 17.8. The van der Waals surface area contributed by atoms with Crippen molar-refractivity contribution >= 4 is 34.1 Å². The van der Waals surface area contributed by atoms with Crippen LogP contribution in [0.1, 0.15) is 6.42 Å². The summed E-state index contributed by atoms with van der Waals surface area (Å²) >= 11 is 1.52. The van der Waals surface area contributed by atoms with Crippen molar-refractivity contribution in [3.8, 4) is 0 Å². The summed E-state index contributed by atoms with van der Waals surface area (Å²) in [6.07, 6.45) is 2.58. The van der Waals surface area contributed by atoms with Crippen molar-refractivity contribution in [2.24, 2.45) is 0 Å². The highest BCUT2D eigenvalue weighted by molar-refractivity contribution is 8.00. The minimum absolute atomic E-state index is 0.102. The fraction of sp³-hybridized carbons (Fsp3) is 0.167. The standard InChI is InChI=1S/C18H15N3OS/c22-18-16(10-11-21(18)14-7-2-1-3-8-14)23-17-15-9-5-4-6-13(15)12-19-20-17/h1-9,12,16H,10-11H2. The minimum Gasteiger partial charge on any atom is -0.311 e. The fourth-order valence-electron chi connectivity index (χ4n) is 2.85. The first-order chi connectivity index (χ1) is 11.3. The predicted molar refractivity (Wildman–Crippen MR) is 92.6 cm³/mol. The molecule has 1 atom stereocenters. The van der Waals surface area contributed by atoms with Gasteiger partial charge in [0, 0.05) is 23.0 Å². The van der Waals surface area contributed by atoms with Gasteiger partial charge in [0.25, 0.3) is 0 Å². The van der Waals surface area contributed by atoms with Crippen molar-refractivity contribution in [1.29, 1.82) is 0 Å². The van der Waals surface area contributed by atoms with E-state index in [2.05, 4.69) is 10.2 Å². The van der Waals surface area contributed by atoms with E-state index in [1.807, 2.05) is 59.5 Å². The second-order valence-corrected chi connectivity index (χ2v) is 6.65. The number of thioether (sulfide) groups is 1. The van der Waals surface area contributed by atoms with E-state index in [1.165, 1.54) is 11.8 Å². The number of hydrogen-bond donors (Lipinski definition) is 0. The summed E-state index contributed by atoms with van der Waals surface area (Å²) in [5.74, 6) is 0.149. The topological polar surface area (TPSA) is 46.1 Å². The highest BCUT2D eigenvalue weighted by Crippen LogP contribution is 2.34. The Morgan fingerprint density at radius 2 is 1.83 bits per heavy atom. The molecule has 0 N–H and O–H groups in total. The van der Waals surface area contributed by atoms with Gasteiger partial charge in [-0.2, -0.15) is 5.10 Å². The number of hydrogen-bond acceptors (Lipinski definition) is 4. The largest absolute Gasteiger partial charge is 0.311 e. The second-order valence-electron chi connectivity index (χ2n) is 5.46. The Labute approximate surface area is 138 Å². The number of nitrogens with zero attached hydrogens (tertiary/aromatic N) is 3. The highest BCUT2D eigenvalue weighted by atomic mass is 32.2. The summed E-state index contributed by atoms with van der Waals surface area (Å²) in [7, 11) is 0. The molecular weight excluding hydrogens is 306 g/mol. The van der Waals surface area contributed by atoms with E-state index in [0.717, 1.165) is 34.5 Å². The lowest BCUT2D eigenvalue weighted by molar-refractivity contribution is -0.116. The lowest BCUT2D eigenvalue weighted by atomic mass is 10.2. The number of carbonyl (C=O) groups excluding carboxylic acids is 1. The molecule has 0 radical (unpaired) electrons. The van der Waals surface area contributed by atoms with Crippen molar-refractivity contribution in [1.82, 2.24) is 10.2 Å². The lowest BCUT2D eigenvalue weighted by Crippen LogP contribution is -2.27. The third kappa shape index (κ3) is 2.68. The van der Waals surface area contributed by atoms with Gasteiger partial charge >= 0.3 is 0 Å². The number of benzene rings is 2. The fourth-order valence-corrected chi connectivity index (χ4v) is 3.98. The van der Waals surface area contributed by atoms with Crippen LogP contribution in [0.3, 0.4) is 0 Å². The molecule has 3 aromatic rings. The van der Waals surface area contributed by atoms with Crippen LogP contribution in [0.4, 0.5) is 5.69 Å². The van der Waals surface area contributed by atoms with E-state index in [1.54, 1.807) is 6.20 Å². The third-order valence-electron chi connectivity index (χ3n) is 4.01. The number of amides is 1. The molecule has 0 aliphatic carbocycles. The molecule has 4 rings (SSSR count). The van der Waals surface area contributed by atoms with Gasteiger partial charge in [-0.3, -0.25) is 4.79 Å². The third-order valence-corrected chi connectivity index (χ3v) is 5.26. The molecule has 0 bridgehead atoms. The Bertz CT molecular complexity index is 848. The van der Waals surface area contributed by atoms with E-state index in [4.69, 9.17) is 0 Å². The zero-order chi connectivity index (χ0) is 15.6. The zero-order valence-electron chi connectivity index (χ0n) is 12.4. The smallest absolute Gasteiger partial charge is 0.240 e. The number of aromatic nitrogens is 2. The average molecular weight is 321 g/mol. The molecule has 2 aromatic carbocycles. The van der Waals surface area contributed by atoms with E-state index >= 15 is 0 Å². The molecule has 4 nitrogen and oxygen atoms in total. The molecule has 5 heteroatoms. The van der Waals surface area contributed by atoms with Gasteiger partial charge in [0.05, 0.1) is 11.4 Å². The minimum atomic E-state index is -0.102. The quantitative estimate of drug-likeness (QED) is 0.740. The first-order valence-electron chi connectivity index (χ1n) is 7.56. The number of rotatable bonds is 3. The van der Waals surface area contributed by atoms with E-state index in [9.17, 15) is 4.79 Å². The molecule has 114 valence electrons. The van der Waals surface area contributed by atoms with Gasteiger partial charge in [-0.25, -0.2) is 0 Å². The Hall–Kier alpha value is -2.40. The van der Waals surface area contributed by atoms with Crippen LogP contribution < -0.4 is 4.90 Å². The summed E-state index contributed by atoms with van der Waals surface area (Å²) in [6, 6.07) is 17.8. The lowest BCUT2D eigenvalue weighted by Gasteiger charge is -2.16. The second kappa shape index (κ2) is 6.01. The molecule has 0 spiro atoms. The Morgan fingerprint density at radius 3 is 2.70 bits per heavy atom. The van der Waals surface area contributed by atoms with Crippen molar-refractivity contribution in [3.63, 3.8) is 0 Å². The SMILES string of the molecule is O=C1C(Sc2nncc3ccccc23)CCN1c1ccccc1. The number of fused-ring (bicyclic) bond motifs is 1.